The summed E-state index contributed by atoms with van der Waals surface area (Å²) in [7, 11) is 0. The Hall–Kier alpha value is -1.81. The van der Waals surface area contributed by atoms with Crippen molar-refractivity contribution in [1.82, 2.24) is 0 Å². The summed E-state index contributed by atoms with van der Waals surface area (Å²) < 4.78 is 12.0. The molecule has 2 rings (SSSR count). The van der Waals surface area contributed by atoms with Crippen molar-refractivity contribution in [1.29, 1.82) is 0 Å². The molecule has 2 aromatic carbocycles. The highest BCUT2D eigenvalue weighted by atomic mass is 79.9. The fourth-order valence-electron chi connectivity index (χ4n) is 2.27. The standard InChI is InChI=1S/C20H23BrO3/c1-4-12-23-18-9-7-6-8-16(18)20(22)24-19-11-10-15(13-17(19)21)14(3)5-2/h6-11,13-14H,4-5,12H2,1-3H3. The normalized spacial score (nSPS) is 11.8. The molecule has 0 saturated heterocycles. The molecule has 0 bridgehead atoms. The summed E-state index contributed by atoms with van der Waals surface area (Å²) in [5, 5.41) is 0. The molecule has 0 heterocycles. The van der Waals surface area contributed by atoms with E-state index in [2.05, 4.69) is 29.8 Å². The minimum atomic E-state index is -0.418. The van der Waals surface area contributed by atoms with E-state index in [9.17, 15) is 4.79 Å². The van der Waals surface area contributed by atoms with Crippen molar-refractivity contribution in [3.63, 3.8) is 0 Å². The fourth-order valence-corrected chi connectivity index (χ4v) is 2.75. The third-order valence-electron chi connectivity index (χ3n) is 3.91. The molecule has 1 unspecified atom stereocenters. The quantitative estimate of drug-likeness (QED) is 0.431. The average molecular weight is 391 g/mol. The molecular formula is C20H23BrO3. The predicted octanol–water partition coefficient (Wildman–Crippen LogP) is 5.97. The summed E-state index contributed by atoms with van der Waals surface area (Å²) in [6, 6.07) is 13.0. The number of ether oxygens (including phenoxy) is 2. The monoisotopic (exact) mass is 390 g/mol. The number of rotatable bonds is 7. The van der Waals surface area contributed by atoms with E-state index in [-0.39, 0.29) is 0 Å². The molecule has 0 amide bonds. The van der Waals surface area contributed by atoms with Gasteiger partial charge in [0.25, 0.3) is 0 Å². The van der Waals surface area contributed by atoms with E-state index in [0.717, 1.165) is 17.3 Å². The van der Waals surface area contributed by atoms with Crippen molar-refractivity contribution in [3.05, 3.63) is 58.1 Å². The van der Waals surface area contributed by atoms with E-state index < -0.39 is 5.97 Å². The van der Waals surface area contributed by atoms with Crippen LogP contribution >= 0.6 is 15.9 Å². The van der Waals surface area contributed by atoms with Gasteiger partial charge in [-0.3, -0.25) is 0 Å². The molecule has 3 nitrogen and oxygen atoms in total. The zero-order valence-electron chi connectivity index (χ0n) is 14.3. The maximum atomic E-state index is 12.5. The number of benzene rings is 2. The molecule has 2 aromatic rings. The lowest BCUT2D eigenvalue weighted by molar-refractivity contribution is 0.0729. The first-order valence-electron chi connectivity index (χ1n) is 8.30. The van der Waals surface area contributed by atoms with E-state index in [0.29, 0.717) is 29.6 Å². The van der Waals surface area contributed by atoms with Crippen molar-refractivity contribution in [2.24, 2.45) is 0 Å². The van der Waals surface area contributed by atoms with Crippen LogP contribution in [-0.2, 0) is 0 Å². The number of carbonyl (C=O) groups is 1. The van der Waals surface area contributed by atoms with Crippen molar-refractivity contribution in [3.8, 4) is 11.5 Å². The van der Waals surface area contributed by atoms with Gasteiger partial charge in [0.15, 0.2) is 0 Å². The Morgan fingerprint density at radius 2 is 1.88 bits per heavy atom. The van der Waals surface area contributed by atoms with Crippen LogP contribution in [0, 0.1) is 0 Å². The molecule has 1 atom stereocenters. The maximum Gasteiger partial charge on any atom is 0.347 e. The van der Waals surface area contributed by atoms with Gasteiger partial charge in [0.05, 0.1) is 11.1 Å². The van der Waals surface area contributed by atoms with Crippen molar-refractivity contribution in [2.45, 2.75) is 39.5 Å². The second-order valence-electron chi connectivity index (χ2n) is 5.73. The predicted molar refractivity (Wildman–Crippen MR) is 100 cm³/mol. The van der Waals surface area contributed by atoms with Crippen LogP contribution in [0.5, 0.6) is 11.5 Å². The van der Waals surface area contributed by atoms with Gasteiger partial charge >= 0.3 is 5.97 Å². The summed E-state index contributed by atoms with van der Waals surface area (Å²) in [5.41, 5.74) is 1.65. The third kappa shape index (κ3) is 4.60. The van der Waals surface area contributed by atoms with Crippen LogP contribution in [0.3, 0.4) is 0 Å². The number of para-hydroxylation sites is 1. The molecule has 0 spiro atoms. The number of esters is 1. The molecule has 0 saturated carbocycles. The molecular weight excluding hydrogens is 368 g/mol. The highest BCUT2D eigenvalue weighted by molar-refractivity contribution is 9.10. The van der Waals surface area contributed by atoms with Gasteiger partial charge in [-0.15, -0.1) is 0 Å². The summed E-state index contributed by atoms with van der Waals surface area (Å²) in [4.78, 5) is 12.5. The average Bonchev–Trinajstić information content (AvgIpc) is 2.61. The first-order chi connectivity index (χ1) is 11.6. The molecule has 128 valence electrons. The lowest BCUT2D eigenvalue weighted by Crippen LogP contribution is -2.11. The zero-order chi connectivity index (χ0) is 17.5. The Labute approximate surface area is 152 Å². The molecule has 4 heteroatoms. The van der Waals surface area contributed by atoms with Crippen molar-refractivity contribution >= 4 is 21.9 Å². The van der Waals surface area contributed by atoms with Crippen molar-refractivity contribution in [2.75, 3.05) is 6.61 Å². The highest BCUT2D eigenvalue weighted by Gasteiger charge is 2.16. The van der Waals surface area contributed by atoms with E-state index in [1.54, 1.807) is 18.2 Å². The van der Waals surface area contributed by atoms with Crippen LogP contribution in [-0.4, -0.2) is 12.6 Å². The van der Waals surface area contributed by atoms with Gasteiger partial charge in [0, 0.05) is 0 Å². The SMILES string of the molecule is CCCOc1ccccc1C(=O)Oc1ccc(C(C)CC)cc1Br. The largest absolute Gasteiger partial charge is 0.493 e. The van der Waals surface area contributed by atoms with Gasteiger partial charge < -0.3 is 9.47 Å². The number of carbonyl (C=O) groups excluding carboxylic acids is 1. The number of halogens is 1. The molecule has 0 aliphatic rings. The number of hydrogen-bond donors (Lipinski definition) is 0. The van der Waals surface area contributed by atoms with Crippen LogP contribution in [0.25, 0.3) is 0 Å². The lowest BCUT2D eigenvalue weighted by Gasteiger charge is -2.13. The first-order valence-corrected chi connectivity index (χ1v) is 9.09. The first kappa shape index (κ1) is 18.5. The zero-order valence-corrected chi connectivity index (χ0v) is 15.9. The Balaban J connectivity index is 2.18. The van der Waals surface area contributed by atoms with Crippen LogP contribution in [0.1, 0.15) is 55.5 Å². The van der Waals surface area contributed by atoms with Gasteiger partial charge in [0.1, 0.15) is 17.1 Å². The molecule has 0 radical (unpaired) electrons. The molecule has 0 N–H and O–H groups in total. The molecule has 0 aromatic heterocycles. The number of hydrogen-bond acceptors (Lipinski definition) is 3. The maximum absolute atomic E-state index is 12.5. The summed E-state index contributed by atoms with van der Waals surface area (Å²) in [6.07, 6.45) is 1.94. The van der Waals surface area contributed by atoms with Crippen molar-refractivity contribution < 1.29 is 14.3 Å². The summed E-state index contributed by atoms with van der Waals surface area (Å²) in [5.74, 6) is 1.11. The smallest absolute Gasteiger partial charge is 0.347 e. The lowest BCUT2D eigenvalue weighted by atomic mass is 9.99. The van der Waals surface area contributed by atoms with E-state index in [1.807, 2.05) is 31.2 Å². The Bertz CT molecular complexity index is 697. The van der Waals surface area contributed by atoms with Crippen LogP contribution in [0.4, 0.5) is 0 Å². The Kier molecular flexibility index (Phi) is 6.85. The third-order valence-corrected chi connectivity index (χ3v) is 4.53. The van der Waals surface area contributed by atoms with Gasteiger partial charge in [0.2, 0.25) is 0 Å². The second kappa shape index (κ2) is 8.88. The van der Waals surface area contributed by atoms with E-state index in [1.165, 1.54) is 5.56 Å². The van der Waals surface area contributed by atoms with Gasteiger partial charge in [-0.05, 0) is 64.5 Å². The Morgan fingerprint density at radius 3 is 2.54 bits per heavy atom. The molecule has 0 aliphatic carbocycles. The highest BCUT2D eigenvalue weighted by Crippen LogP contribution is 2.31. The van der Waals surface area contributed by atoms with Crippen LogP contribution < -0.4 is 9.47 Å². The van der Waals surface area contributed by atoms with E-state index >= 15 is 0 Å². The van der Waals surface area contributed by atoms with E-state index in [4.69, 9.17) is 9.47 Å². The minimum absolute atomic E-state index is 0.418. The Morgan fingerprint density at radius 1 is 1.12 bits per heavy atom. The molecule has 24 heavy (non-hydrogen) atoms. The van der Waals surface area contributed by atoms with Gasteiger partial charge in [-0.1, -0.05) is 39.0 Å². The molecule has 0 aliphatic heterocycles. The van der Waals surface area contributed by atoms with Gasteiger partial charge in [-0.2, -0.15) is 0 Å². The second-order valence-corrected chi connectivity index (χ2v) is 6.59. The summed E-state index contributed by atoms with van der Waals surface area (Å²) >= 11 is 3.50. The van der Waals surface area contributed by atoms with Crippen LogP contribution in [0.2, 0.25) is 0 Å². The van der Waals surface area contributed by atoms with Crippen LogP contribution in [0.15, 0.2) is 46.9 Å². The minimum Gasteiger partial charge on any atom is -0.493 e. The topological polar surface area (TPSA) is 35.5 Å². The fraction of sp³-hybridized carbons (Fsp3) is 0.350. The van der Waals surface area contributed by atoms with Gasteiger partial charge in [-0.25, -0.2) is 4.79 Å². The summed E-state index contributed by atoms with van der Waals surface area (Å²) in [6.45, 7) is 6.92. The molecule has 0 fully saturated rings.